The van der Waals surface area contributed by atoms with Crippen molar-refractivity contribution in [2.45, 2.75) is 19.1 Å². The lowest BCUT2D eigenvalue weighted by Crippen LogP contribution is -2.28. The van der Waals surface area contributed by atoms with E-state index in [4.69, 9.17) is 5.11 Å². The van der Waals surface area contributed by atoms with E-state index in [2.05, 4.69) is 10.3 Å². The van der Waals surface area contributed by atoms with Gasteiger partial charge in [0.25, 0.3) is 0 Å². The number of benzene rings is 1. The Morgan fingerprint density at radius 1 is 1.33 bits per heavy atom. The minimum absolute atomic E-state index is 0.407. The monoisotopic (exact) mass is 249 g/mol. The Hall–Kier alpha value is -1.43. The number of aliphatic hydroxyl groups is 2. The van der Waals surface area contributed by atoms with Crippen molar-refractivity contribution in [2.75, 3.05) is 13.1 Å². The van der Waals surface area contributed by atoms with Gasteiger partial charge in [-0.3, -0.25) is 0 Å². The number of rotatable bonds is 5. The summed E-state index contributed by atoms with van der Waals surface area (Å²) in [5, 5.41) is 22.2. The number of aromatic nitrogens is 2. The number of aliphatic hydroxyl groups excluding tert-OH is 2. The van der Waals surface area contributed by atoms with E-state index in [0.29, 0.717) is 13.1 Å². The first-order valence-corrected chi connectivity index (χ1v) is 6.05. The zero-order chi connectivity index (χ0) is 13.1. The Morgan fingerprint density at radius 2 is 2.11 bits per heavy atom. The van der Waals surface area contributed by atoms with Crippen molar-refractivity contribution in [1.82, 2.24) is 14.9 Å². The molecule has 1 aromatic carbocycles. The van der Waals surface area contributed by atoms with Crippen LogP contribution in [0.4, 0.5) is 0 Å². The van der Waals surface area contributed by atoms with Gasteiger partial charge in [-0.2, -0.15) is 0 Å². The molecule has 2 aromatic rings. The molecule has 1 aromatic heterocycles. The van der Waals surface area contributed by atoms with Crippen molar-refractivity contribution in [2.24, 2.45) is 7.05 Å². The number of hydrogen-bond acceptors (Lipinski definition) is 4. The molecule has 0 aliphatic carbocycles. The first kappa shape index (κ1) is 13.0. The van der Waals surface area contributed by atoms with E-state index in [-0.39, 0.29) is 0 Å². The lowest BCUT2D eigenvalue weighted by molar-refractivity contribution is 0.155. The van der Waals surface area contributed by atoms with Crippen LogP contribution in [0.1, 0.15) is 18.6 Å². The predicted molar refractivity (Wildman–Crippen MR) is 70.2 cm³/mol. The third-order valence-electron chi connectivity index (χ3n) is 2.91. The van der Waals surface area contributed by atoms with E-state index in [0.717, 1.165) is 16.6 Å². The topological polar surface area (TPSA) is 70.3 Å². The molecule has 1 heterocycles. The quantitative estimate of drug-likeness (QED) is 0.725. The zero-order valence-electron chi connectivity index (χ0n) is 10.7. The van der Waals surface area contributed by atoms with Crippen LogP contribution in [0.15, 0.2) is 24.5 Å². The molecule has 0 spiro atoms. The van der Waals surface area contributed by atoms with E-state index in [9.17, 15) is 5.11 Å². The van der Waals surface area contributed by atoms with Crippen LogP contribution in [0.5, 0.6) is 0 Å². The van der Waals surface area contributed by atoms with Crippen molar-refractivity contribution in [3.05, 3.63) is 30.1 Å². The maximum Gasteiger partial charge on any atom is 0.0955 e. The number of imidazole rings is 1. The summed E-state index contributed by atoms with van der Waals surface area (Å²) in [6.45, 7) is 2.60. The van der Waals surface area contributed by atoms with Crippen LogP contribution in [0, 0.1) is 0 Å². The summed E-state index contributed by atoms with van der Waals surface area (Å²) in [5.74, 6) is 0. The maximum atomic E-state index is 10.0. The lowest BCUT2D eigenvalue weighted by Gasteiger charge is -2.13. The van der Waals surface area contributed by atoms with Crippen molar-refractivity contribution in [1.29, 1.82) is 0 Å². The van der Waals surface area contributed by atoms with Crippen molar-refractivity contribution < 1.29 is 10.2 Å². The smallest absolute Gasteiger partial charge is 0.0955 e. The summed E-state index contributed by atoms with van der Waals surface area (Å²) in [6, 6.07) is 5.75. The lowest BCUT2D eigenvalue weighted by atomic mass is 10.1. The number of nitrogens with one attached hydrogen (secondary N) is 1. The van der Waals surface area contributed by atoms with Gasteiger partial charge in [-0.15, -0.1) is 0 Å². The molecule has 0 radical (unpaired) electrons. The Bertz CT molecular complexity index is 522. The summed E-state index contributed by atoms with van der Waals surface area (Å²) in [5.41, 5.74) is 2.76. The minimum Gasteiger partial charge on any atom is -0.392 e. The molecule has 3 N–H and O–H groups in total. The normalized spacial score (nSPS) is 14.9. The molecule has 0 bridgehead atoms. The highest BCUT2D eigenvalue weighted by molar-refractivity contribution is 5.76. The summed E-state index contributed by atoms with van der Waals surface area (Å²) < 4.78 is 1.94. The molecule has 2 unspecified atom stereocenters. The molecule has 5 heteroatoms. The summed E-state index contributed by atoms with van der Waals surface area (Å²) in [4.78, 5) is 4.26. The van der Waals surface area contributed by atoms with Crippen LogP contribution in [0.2, 0.25) is 0 Å². The number of fused-ring (bicyclic) bond motifs is 1. The molecule has 0 amide bonds. The van der Waals surface area contributed by atoms with Gasteiger partial charge >= 0.3 is 0 Å². The van der Waals surface area contributed by atoms with Crippen LogP contribution >= 0.6 is 0 Å². The van der Waals surface area contributed by atoms with Gasteiger partial charge in [-0.25, -0.2) is 4.98 Å². The molecule has 18 heavy (non-hydrogen) atoms. The SMILES string of the molecule is CC(O)CNCC(O)c1ccc2c(c1)ncn2C. The molecule has 5 nitrogen and oxygen atoms in total. The van der Waals surface area contributed by atoms with Crippen molar-refractivity contribution in [3.63, 3.8) is 0 Å². The third kappa shape index (κ3) is 2.87. The van der Waals surface area contributed by atoms with E-state index in [1.807, 2.05) is 29.8 Å². The van der Waals surface area contributed by atoms with Crippen molar-refractivity contribution >= 4 is 11.0 Å². The van der Waals surface area contributed by atoms with Crippen LogP contribution in [-0.2, 0) is 7.05 Å². The van der Waals surface area contributed by atoms with Gasteiger partial charge in [0, 0.05) is 20.1 Å². The van der Waals surface area contributed by atoms with E-state index in [1.165, 1.54) is 0 Å². The second kappa shape index (κ2) is 5.48. The molecule has 0 saturated heterocycles. The van der Waals surface area contributed by atoms with Gasteiger partial charge in [0.1, 0.15) is 0 Å². The third-order valence-corrected chi connectivity index (χ3v) is 2.91. The average molecular weight is 249 g/mol. The van der Waals surface area contributed by atoms with Crippen LogP contribution < -0.4 is 5.32 Å². The van der Waals surface area contributed by atoms with Crippen LogP contribution in [0.25, 0.3) is 11.0 Å². The standard InChI is InChI=1S/C13H19N3O2/c1-9(17)6-14-7-13(18)10-3-4-12-11(5-10)15-8-16(12)2/h3-5,8-9,13-14,17-18H,6-7H2,1-2H3. The second-order valence-electron chi connectivity index (χ2n) is 4.63. The van der Waals surface area contributed by atoms with Gasteiger partial charge in [0.05, 0.1) is 29.6 Å². The molecule has 0 aliphatic rings. The molecule has 2 rings (SSSR count). The fourth-order valence-electron chi connectivity index (χ4n) is 1.91. The Kier molecular flexibility index (Phi) is 3.96. The first-order chi connectivity index (χ1) is 8.58. The van der Waals surface area contributed by atoms with Crippen LogP contribution in [0.3, 0.4) is 0 Å². The van der Waals surface area contributed by atoms with Gasteiger partial charge in [0.2, 0.25) is 0 Å². The highest BCUT2D eigenvalue weighted by Crippen LogP contribution is 2.18. The molecular weight excluding hydrogens is 230 g/mol. The molecule has 2 atom stereocenters. The van der Waals surface area contributed by atoms with Gasteiger partial charge in [0.15, 0.2) is 0 Å². The highest BCUT2D eigenvalue weighted by atomic mass is 16.3. The second-order valence-corrected chi connectivity index (χ2v) is 4.63. The summed E-state index contributed by atoms with van der Waals surface area (Å²) in [7, 11) is 1.94. The summed E-state index contributed by atoms with van der Waals surface area (Å²) in [6.07, 6.45) is 0.762. The van der Waals surface area contributed by atoms with E-state index >= 15 is 0 Å². The Labute approximate surface area is 106 Å². The van der Waals surface area contributed by atoms with E-state index in [1.54, 1.807) is 13.3 Å². The first-order valence-electron chi connectivity index (χ1n) is 6.05. The number of hydrogen-bond donors (Lipinski definition) is 3. The maximum absolute atomic E-state index is 10.0. The fourth-order valence-corrected chi connectivity index (χ4v) is 1.91. The van der Waals surface area contributed by atoms with E-state index < -0.39 is 12.2 Å². The molecule has 98 valence electrons. The Morgan fingerprint density at radius 3 is 2.83 bits per heavy atom. The van der Waals surface area contributed by atoms with Gasteiger partial charge in [-0.05, 0) is 24.6 Å². The van der Waals surface area contributed by atoms with Gasteiger partial charge < -0.3 is 20.1 Å². The fraction of sp³-hybridized carbons (Fsp3) is 0.462. The zero-order valence-corrected chi connectivity index (χ0v) is 10.7. The molecular formula is C13H19N3O2. The predicted octanol–water partition coefficient (Wildman–Crippen LogP) is 0.577. The molecule has 0 aliphatic heterocycles. The average Bonchev–Trinajstić information content (AvgIpc) is 2.70. The highest BCUT2D eigenvalue weighted by Gasteiger charge is 2.09. The Balaban J connectivity index is 2.06. The number of nitrogens with zero attached hydrogens (tertiary/aromatic N) is 2. The molecule has 0 fully saturated rings. The number of aryl methyl sites for hydroxylation is 1. The molecule has 0 saturated carbocycles. The largest absolute Gasteiger partial charge is 0.392 e. The summed E-state index contributed by atoms with van der Waals surface area (Å²) >= 11 is 0. The van der Waals surface area contributed by atoms with Gasteiger partial charge in [-0.1, -0.05) is 6.07 Å². The van der Waals surface area contributed by atoms with Crippen molar-refractivity contribution in [3.8, 4) is 0 Å². The van der Waals surface area contributed by atoms with Crippen LogP contribution in [-0.4, -0.2) is 39.0 Å². The minimum atomic E-state index is -0.588.